The number of carboxylic acid groups (broad SMARTS) is 1. The lowest BCUT2D eigenvalue weighted by atomic mass is 9.88. The van der Waals surface area contributed by atoms with E-state index in [1.165, 1.54) is 32.1 Å². The molecule has 188 valence electrons. The summed E-state index contributed by atoms with van der Waals surface area (Å²) in [6.07, 6.45) is 7.33. The Labute approximate surface area is 203 Å². The Morgan fingerprint density at radius 3 is 2.18 bits per heavy atom. The van der Waals surface area contributed by atoms with Crippen molar-refractivity contribution in [3.63, 3.8) is 0 Å². The highest BCUT2D eigenvalue weighted by atomic mass is 16.5. The maximum absolute atomic E-state index is 13.5. The summed E-state index contributed by atoms with van der Waals surface area (Å²) in [6, 6.07) is 6.33. The molecule has 1 aliphatic carbocycles. The number of carbonyl (C=O) groups is 3. The minimum Gasteiger partial charge on any atom is -0.478 e. The third-order valence-electron chi connectivity index (χ3n) is 7.31. The molecule has 0 radical (unpaired) electrons. The summed E-state index contributed by atoms with van der Waals surface area (Å²) in [7, 11) is 0. The number of ether oxygens (including phenoxy) is 1. The van der Waals surface area contributed by atoms with E-state index in [2.05, 4.69) is 5.32 Å². The molecular formula is C27H40N2O5. The largest absolute Gasteiger partial charge is 0.478 e. The molecular weight excluding hydrogens is 432 g/mol. The molecule has 34 heavy (non-hydrogen) atoms. The third-order valence-corrected chi connectivity index (χ3v) is 7.31. The number of piperidine rings is 1. The minimum atomic E-state index is -0.929. The van der Waals surface area contributed by atoms with Gasteiger partial charge in [0.2, 0.25) is 11.8 Å². The molecule has 1 aromatic rings. The molecule has 0 spiro atoms. The van der Waals surface area contributed by atoms with Gasteiger partial charge in [0, 0.05) is 25.6 Å². The van der Waals surface area contributed by atoms with Crippen molar-refractivity contribution in [3.8, 4) is 0 Å². The van der Waals surface area contributed by atoms with E-state index in [0.29, 0.717) is 25.6 Å². The van der Waals surface area contributed by atoms with Gasteiger partial charge in [-0.3, -0.25) is 9.59 Å². The highest BCUT2D eigenvalue weighted by Gasteiger charge is 2.34. The van der Waals surface area contributed by atoms with Gasteiger partial charge in [-0.25, -0.2) is 4.79 Å². The van der Waals surface area contributed by atoms with Crippen LogP contribution in [0.1, 0.15) is 87.6 Å². The third kappa shape index (κ3) is 7.05. The van der Waals surface area contributed by atoms with Gasteiger partial charge in [-0.2, -0.15) is 0 Å². The Bertz CT molecular complexity index is 824. The molecule has 2 aliphatic rings. The molecule has 0 bridgehead atoms. The van der Waals surface area contributed by atoms with E-state index in [9.17, 15) is 14.4 Å². The number of rotatable bonds is 9. The predicted octanol–water partition coefficient (Wildman–Crippen LogP) is 4.22. The molecule has 1 aliphatic heterocycles. The fourth-order valence-corrected chi connectivity index (χ4v) is 4.97. The summed E-state index contributed by atoms with van der Waals surface area (Å²) in [5, 5.41) is 12.1. The highest BCUT2D eigenvalue weighted by Crippen LogP contribution is 2.29. The molecule has 0 aromatic heterocycles. The van der Waals surface area contributed by atoms with Crippen LogP contribution in [0.3, 0.4) is 0 Å². The van der Waals surface area contributed by atoms with Crippen LogP contribution in [0.15, 0.2) is 24.3 Å². The van der Waals surface area contributed by atoms with Crippen molar-refractivity contribution in [3.05, 3.63) is 35.4 Å². The lowest BCUT2D eigenvalue weighted by Crippen LogP contribution is -2.56. The molecule has 7 nitrogen and oxygen atoms in total. The minimum absolute atomic E-state index is 0.0789. The van der Waals surface area contributed by atoms with Gasteiger partial charge in [-0.1, -0.05) is 45.2 Å². The first-order chi connectivity index (χ1) is 16.3. The number of aromatic carboxylic acids is 1. The average molecular weight is 473 g/mol. The summed E-state index contributed by atoms with van der Waals surface area (Å²) in [4.78, 5) is 38.9. The maximum atomic E-state index is 13.5. The summed E-state index contributed by atoms with van der Waals surface area (Å²) in [5.41, 5.74) is 1.38. The number of amides is 2. The van der Waals surface area contributed by atoms with Crippen molar-refractivity contribution < 1.29 is 24.2 Å². The van der Waals surface area contributed by atoms with Gasteiger partial charge in [-0.15, -0.1) is 0 Å². The van der Waals surface area contributed by atoms with Crippen molar-refractivity contribution in [1.29, 1.82) is 0 Å². The number of nitrogens with zero attached hydrogens (tertiary/aromatic N) is 1. The lowest BCUT2D eigenvalue weighted by molar-refractivity contribution is -0.142. The first kappa shape index (κ1) is 26.2. The molecule has 1 saturated carbocycles. The summed E-state index contributed by atoms with van der Waals surface area (Å²) >= 11 is 0. The fourth-order valence-electron chi connectivity index (χ4n) is 4.97. The van der Waals surface area contributed by atoms with Gasteiger partial charge in [0.05, 0.1) is 11.7 Å². The van der Waals surface area contributed by atoms with Crippen LogP contribution in [0.4, 0.5) is 0 Å². The van der Waals surface area contributed by atoms with Crippen molar-refractivity contribution in [1.82, 2.24) is 10.2 Å². The van der Waals surface area contributed by atoms with Crippen LogP contribution in [0, 0.1) is 11.8 Å². The number of nitrogens with one attached hydrogen (secondary N) is 1. The Kier molecular flexibility index (Phi) is 9.51. The number of carbonyl (C=O) groups excluding carboxylic acids is 2. The molecule has 7 heteroatoms. The van der Waals surface area contributed by atoms with Gasteiger partial charge in [0.15, 0.2) is 0 Å². The Balaban J connectivity index is 1.59. The van der Waals surface area contributed by atoms with Gasteiger partial charge in [-0.05, 0) is 62.1 Å². The van der Waals surface area contributed by atoms with E-state index in [-0.39, 0.29) is 29.2 Å². The van der Waals surface area contributed by atoms with Crippen LogP contribution in [0.2, 0.25) is 0 Å². The smallest absolute Gasteiger partial charge is 0.335 e. The molecule has 3 rings (SSSR count). The number of hydrogen-bond acceptors (Lipinski definition) is 4. The summed E-state index contributed by atoms with van der Waals surface area (Å²) in [5.74, 6) is -0.530. The van der Waals surface area contributed by atoms with Gasteiger partial charge < -0.3 is 20.1 Å². The molecule has 1 aromatic carbocycles. The van der Waals surface area contributed by atoms with E-state index in [0.717, 1.165) is 18.4 Å². The summed E-state index contributed by atoms with van der Waals surface area (Å²) < 4.78 is 6.15. The number of hydrogen-bond donors (Lipinski definition) is 2. The maximum Gasteiger partial charge on any atom is 0.335 e. The molecule has 2 amide bonds. The zero-order chi connectivity index (χ0) is 24.7. The SMILES string of the molecule is CC(C)C(=O)NC(C(=O)N1CCC(c2ccc(C(=O)O)cc2)CC1)[C@@H](C)OCC1CCCCC1. The van der Waals surface area contributed by atoms with Gasteiger partial charge in [0.25, 0.3) is 0 Å². The lowest BCUT2D eigenvalue weighted by Gasteiger charge is -2.36. The van der Waals surface area contributed by atoms with E-state index in [1.54, 1.807) is 12.1 Å². The fraction of sp³-hybridized carbons (Fsp3) is 0.667. The standard InChI is InChI=1S/C27H40N2O5/c1-18(2)25(30)28-24(19(3)34-17-20-7-5-4-6-8-20)26(31)29-15-13-22(14-16-29)21-9-11-23(12-10-21)27(32)33/h9-12,18-20,22,24H,4-8,13-17H2,1-3H3,(H,28,30)(H,32,33)/t19-,24?/m1/s1. The predicted molar refractivity (Wildman–Crippen MR) is 131 cm³/mol. The molecule has 1 heterocycles. The molecule has 2 atom stereocenters. The van der Waals surface area contributed by atoms with E-state index < -0.39 is 18.1 Å². The van der Waals surface area contributed by atoms with Crippen LogP contribution >= 0.6 is 0 Å². The number of benzene rings is 1. The van der Waals surface area contributed by atoms with E-state index >= 15 is 0 Å². The second kappa shape index (κ2) is 12.3. The molecule has 2 fully saturated rings. The van der Waals surface area contributed by atoms with Gasteiger partial charge in [0.1, 0.15) is 6.04 Å². The second-order valence-corrected chi connectivity index (χ2v) is 10.2. The Morgan fingerprint density at radius 2 is 1.62 bits per heavy atom. The molecule has 1 saturated heterocycles. The zero-order valence-electron chi connectivity index (χ0n) is 20.8. The first-order valence-electron chi connectivity index (χ1n) is 12.8. The van der Waals surface area contributed by atoms with Gasteiger partial charge >= 0.3 is 5.97 Å². The van der Waals surface area contributed by atoms with Crippen LogP contribution < -0.4 is 5.32 Å². The van der Waals surface area contributed by atoms with Crippen LogP contribution in [-0.4, -0.2) is 59.6 Å². The Morgan fingerprint density at radius 1 is 1.00 bits per heavy atom. The summed E-state index contributed by atoms with van der Waals surface area (Å²) in [6.45, 7) is 7.39. The zero-order valence-corrected chi connectivity index (χ0v) is 20.8. The second-order valence-electron chi connectivity index (χ2n) is 10.2. The normalized spacial score (nSPS) is 19.6. The average Bonchev–Trinajstić information content (AvgIpc) is 2.86. The van der Waals surface area contributed by atoms with Crippen molar-refractivity contribution in [2.24, 2.45) is 11.8 Å². The van der Waals surface area contributed by atoms with E-state index in [4.69, 9.17) is 9.84 Å². The van der Waals surface area contributed by atoms with Crippen LogP contribution in [0.25, 0.3) is 0 Å². The quantitative estimate of drug-likeness (QED) is 0.561. The Hall–Kier alpha value is -2.41. The topological polar surface area (TPSA) is 95.9 Å². The molecule has 2 N–H and O–H groups in total. The van der Waals surface area contributed by atoms with Crippen LogP contribution in [-0.2, 0) is 14.3 Å². The van der Waals surface area contributed by atoms with Crippen molar-refractivity contribution >= 4 is 17.8 Å². The molecule has 1 unspecified atom stereocenters. The first-order valence-corrected chi connectivity index (χ1v) is 12.8. The van der Waals surface area contributed by atoms with E-state index in [1.807, 2.05) is 37.8 Å². The van der Waals surface area contributed by atoms with Crippen molar-refractivity contribution in [2.45, 2.75) is 83.8 Å². The van der Waals surface area contributed by atoms with Crippen LogP contribution in [0.5, 0.6) is 0 Å². The van der Waals surface area contributed by atoms with Crippen molar-refractivity contribution in [2.75, 3.05) is 19.7 Å². The monoisotopic (exact) mass is 472 g/mol. The number of likely N-dealkylation sites (tertiary alicyclic amines) is 1. The number of carboxylic acids is 1. The highest BCUT2D eigenvalue weighted by molar-refractivity contribution is 5.89.